The third-order valence-corrected chi connectivity index (χ3v) is 5.01. The van der Waals surface area contributed by atoms with Gasteiger partial charge in [0.1, 0.15) is 6.54 Å². The average Bonchev–Trinajstić information content (AvgIpc) is 3.02. The first-order valence-electron chi connectivity index (χ1n) is 8.38. The molecule has 126 valence electrons. The van der Waals surface area contributed by atoms with E-state index in [9.17, 15) is 9.59 Å². The molecule has 0 aromatic carbocycles. The van der Waals surface area contributed by atoms with Crippen molar-refractivity contribution >= 4 is 11.9 Å². The van der Waals surface area contributed by atoms with Gasteiger partial charge in [-0.05, 0) is 45.2 Å². The lowest BCUT2D eigenvalue weighted by Crippen LogP contribution is -2.51. The molecule has 0 spiro atoms. The van der Waals surface area contributed by atoms with Gasteiger partial charge in [0.15, 0.2) is 0 Å². The van der Waals surface area contributed by atoms with E-state index in [0.29, 0.717) is 12.5 Å². The number of aromatic amines is 1. The third kappa shape index (κ3) is 3.72. The zero-order chi connectivity index (χ0) is 16.2. The summed E-state index contributed by atoms with van der Waals surface area (Å²) < 4.78 is 0. The molecule has 3 heterocycles. The maximum absolute atomic E-state index is 12.7. The summed E-state index contributed by atoms with van der Waals surface area (Å²) in [5.74, 6) is -0.466. The lowest BCUT2D eigenvalue weighted by molar-refractivity contribution is -0.146. The van der Waals surface area contributed by atoms with Crippen molar-refractivity contribution in [2.75, 3.05) is 26.2 Å². The summed E-state index contributed by atoms with van der Waals surface area (Å²) in [5, 5.41) is 9.00. The summed E-state index contributed by atoms with van der Waals surface area (Å²) >= 11 is 0. The van der Waals surface area contributed by atoms with Gasteiger partial charge < -0.3 is 15.0 Å². The molecule has 1 amide bonds. The largest absolute Gasteiger partial charge is 0.480 e. The van der Waals surface area contributed by atoms with Crippen LogP contribution in [-0.4, -0.2) is 69.0 Å². The van der Waals surface area contributed by atoms with Crippen LogP contribution in [0.2, 0.25) is 0 Å². The summed E-state index contributed by atoms with van der Waals surface area (Å²) in [4.78, 5) is 34.7. The highest BCUT2D eigenvalue weighted by Gasteiger charge is 2.34. The highest BCUT2D eigenvalue weighted by atomic mass is 16.4. The SMILES string of the molecule is O=C(O)CN1CCCCC(N2CCC(c3cnc[nH]3)CC2)C1=O. The van der Waals surface area contributed by atoms with Gasteiger partial charge in [0, 0.05) is 24.4 Å². The Morgan fingerprint density at radius 2 is 2.04 bits per heavy atom. The van der Waals surface area contributed by atoms with E-state index in [1.54, 1.807) is 6.33 Å². The molecule has 1 aromatic rings. The summed E-state index contributed by atoms with van der Waals surface area (Å²) in [7, 11) is 0. The Balaban J connectivity index is 1.61. The number of hydrogen-bond acceptors (Lipinski definition) is 4. The molecule has 3 rings (SSSR count). The fourth-order valence-electron chi connectivity index (χ4n) is 3.76. The molecule has 2 aliphatic rings. The van der Waals surface area contributed by atoms with Crippen molar-refractivity contribution in [2.45, 2.75) is 44.1 Å². The molecule has 0 bridgehead atoms. The van der Waals surface area contributed by atoms with Crippen LogP contribution in [0.4, 0.5) is 0 Å². The molecule has 23 heavy (non-hydrogen) atoms. The molecule has 0 saturated carbocycles. The summed E-state index contributed by atoms with van der Waals surface area (Å²) in [6, 6.07) is -0.153. The molecule has 1 aromatic heterocycles. The Labute approximate surface area is 135 Å². The van der Waals surface area contributed by atoms with Gasteiger partial charge in [-0.15, -0.1) is 0 Å². The number of piperidine rings is 1. The second-order valence-corrected chi connectivity index (χ2v) is 6.48. The Morgan fingerprint density at radius 1 is 1.26 bits per heavy atom. The summed E-state index contributed by atoms with van der Waals surface area (Å²) in [6.45, 7) is 2.13. The topological polar surface area (TPSA) is 89.5 Å². The molecule has 2 N–H and O–H groups in total. The van der Waals surface area contributed by atoms with E-state index in [1.807, 2.05) is 6.20 Å². The van der Waals surface area contributed by atoms with Gasteiger partial charge >= 0.3 is 5.97 Å². The number of H-pyrrole nitrogens is 1. The fraction of sp³-hybridized carbons (Fsp3) is 0.688. The van der Waals surface area contributed by atoms with Gasteiger partial charge in [0.25, 0.3) is 0 Å². The van der Waals surface area contributed by atoms with Gasteiger partial charge in [-0.3, -0.25) is 14.5 Å². The number of carboxylic acids is 1. The smallest absolute Gasteiger partial charge is 0.323 e. The first-order chi connectivity index (χ1) is 11.1. The summed E-state index contributed by atoms with van der Waals surface area (Å²) in [5.41, 5.74) is 1.17. The third-order valence-electron chi connectivity index (χ3n) is 5.01. The first kappa shape index (κ1) is 16.0. The zero-order valence-electron chi connectivity index (χ0n) is 13.3. The number of aliphatic carboxylic acids is 1. The fourth-order valence-corrected chi connectivity index (χ4v) is 3.76. The number of carbonyl (C=O) groups is 2. The van der Waals surface area contributed by atoms with Gasteiger partial charge in [-0.25, -0.2) is 4.98 Å². The maximum atomic E-state index is 12.7. The Morgan fingerprint density at radius 3 is 2.70 bits per heavy atom. The van der Waals surface area contributed by atoms with Crippen LogP contribution in [0.15, 0.2) is 12.5 Å². The van der Waals surface area contributed by atoms with Crippen molar-refractivity contribution in [2.24, 2.45) is 0 Å². The number of hydrogen-bond donors (Lipinski definition) is 2. The standard InChI is InChI=1S/C16H24N4O3/c21-15(22)10-20-6-2-1-3-14(16(20)23)19-7-4-12(5-8-19)13-9-17-11-18-13/h9,11-12,14H,1-8,10H2,(H,17,18)(H,21,22). The molecule has 7 heteroatoms. The number of imidazole rings is 1. The molecule has 2 aliphatic heterocycles. The van der Waals surface area contributed by atoms with E-state index in [2.05, 4.69) is 14.9 Å². The number of amides is 1. The molecular formula is C16H24N4O3. The molecule has 2 saturated heterocycles. The molecule has 0 aliphatic carbocycles. The number of carbonyl (C=O) groups excluding carboxylic acids is 1. The van der Waals surface area contributed by atoms with Crippen molar-refractivity contribution < 1.29 is 14.7 Å². The number of aromatic nitrogens is 2. The number of nitrogens with zero attached hydrogens (tertiary/aromatic N) is 3. The Bertz CT molecular complexity index is 538. The predicted octanol–water partition coefficient (Wildman–Crippen LogP) is 1.05. The minimum atomic E-state index is -0.933. The van der Waals surface area contributed by atoms with Crippen LogP contribution in [0, 0.1) is 0 Å². The van der Waals surface area contributed by atoms with Crippen LogP contribution < -0.4 is 0 Å². The lowest BCUT2D eigenvalue weighted by Gasteiger charge is -2.37. The van der Waals surface area contributed by atoms with Gasteiger partial charge in [-0.1, -0.05) is 0 Å². The van der Waals surface area contributed by atoms with Crippen LogP contribution in [0.25, 0.3) is 0 Å². The average molecular weight is 320 g/mol. The molecule has 0 radical (unpaired) electrons. The van der Waals surface area contributed by atoms with Gasteiger partial charge in [-0.2, -0.15) is 0 Å². The van der Waals surface area contributed by atoms with Crippen molar-refractivity contribution in [3.63, 3.8) is 0 Å². The van der Waals surface area contributed by atoms with Gasteiger partial charge in [0.05, 0.1) is 12.4 Å². The van der Waals surface area contributed by atoms with E-state index in [-0.39, 0.29) is 18.5 Å². The lowest BCUT2D eigenvalue weighted by atomic mass is 9.92. The number of likely N-dealkylation sites (tertiary alicyclic amines) is 2. The van der Waals surface area contributed by atoms with Crippen LogP contribution in [0.5, 0.6) is 0 Å². The second-order valence-electron chi connectivity index (χ2n) is 6.48. The highest BCUT2D eigenvalue weighted by Crippen LogP contribution is 2.29. The van der Waals surface area contributed by atoms with Crippen LogP contribution in [0.1, 0.15) is 43.7 Å². The van der Waals surface area contributed by atoms with E-state index >= 15 is 0 Å². The molecule has 2 fully saturated rings. The minimum Gasteiger partial charge on any atom is -0.480 e. The van der Waals surface area contributed by atoms with Crippen LogP contribution in [-0.2, 0) is 9.59 Å². The Hall–Kier alpha value is -1.89. The van der Waals surface area contributed by atoms with Crippen molar-refractivity contribution in [3.8, 4) is 0 Å². The van der Waals surface area contributed by atoms with Gasteiger partial charge in [0.2, 0.25) is 5.91 Å². The van der Waals surface area contributed by atoms with E-state index in [4.69, 9.17) is 5.11 Å². The molecule has 1 atom stereocenters. The van der Waals surface area contributed by atoms with E-state index < -0.39 is 5.97 Å². The predicted molar refractivity (Wildman–Crippen MR) is 84.0 cm³/mol. The zero-order valence-corrected chi connectivity index (χ0v) is 13.3. The Kier molecular flexibility index (Phi) is 4.95. The molecular weight excluding hydrogens is 296 g/mol. The maximum Gasteiger partial charge on any atom is 0.323 e. The second kappa shape index (κ2) is 7.12. The van der Waals surface area contributed by atoms with E-state index in [0.717, 1.165) is 45.2 Å². The quantitative estimate of drug-likeness (QED) is 0.866. The normalized spacial score (nSPS) is 24.6. The van der Waals surface area contributed by atoms with Crippen molar-refractivity contribution in [1.29, 1.82) is 0 Å². The minimum absolute atomic E-state index is 0.00936. The van der Waals surface area contributed by atoms with Crippen LogP contribution in [0.3, 0.4) is 0 Å². The summed E-state index contributed by atoms with van der Waals surface area (Å²) in [6.07, 6.45) is 8.30. The molecule has 7 nitrogen and oxygen atoms in total. The van der Waals surface area contributed by atoms with Crippen LogP contribution >= 0.6 is 0 Å². The van der Waals surface area contributed by atoms with Crippen molar-refractivity contribution in [1.82, 2.24) is 19.8 Å². The molecule has 1 unspecified atom stereocenters. The first-order valence-corrected chi connectivity index (χ1v) is 8.38. The highest BCUT2D eigenvalue weighted by molar-refractivity contribution is 5.85. The monoisotopic (exact) mass is 320 g/mol. The number of carboxylic acid groups (broad SMARTS) is 1. The number of rotatable bonds is 4. The van der Waals surface area contributed by atoms with E-state index in [1.165, 1.54) is 10.6 Å². The van der Waals surface area contributed by atoms with Crippen molar-refractivity contribution in [3.05, 3.63) is 18.2 Å². The number of nitrogens with one attached hydrogen (secondary N) is 1.